The molecule has 1 fully saturated rings. The van der Waals surface area contributed by atoms with Gasteiger partial charge in [0, 0.05) is 5.02 Å². The number of halogens is 1. The highest BCUT2D eigenvalue weighted by Gasteiger charge is 2.37. The molecule has 0 aliphatic heterocycles. The Morgan fingerprint density at radius 2 is 2.05 bits per heavy atom. The molecule has 0 radical (unpaired) electrons. The van der Waals surface area contributed by atoms with Crippen molar-refractivity contribution in [1.29, 1.82) is 0 Å². The van der Waals surface area contributed by atoms with Gasteiger partial charge in [0.15, 0.2) is 0 Å². The third-order valence-electron chi connectivity index (χ3n) is 4.29. The standard InChI is InChI=1S/C16H17ClO3/c17-13-3-5-14(6-4-13)20-15(16(18)19)9-12-8-10-1-2-11(12)7-10/h1-6,10-12,15H,7-9H2,(H,18,19)/p-1. The topological polar surface area (TPSA) is 49.4 Å². The lowest BCUT2D eigenvalue weighted by Gasteiger charge is -2.26. The largest absolute Gasteiger partial charge is 0.546 e. The summed E-state index contributed by atoms with van der Waals surface area (Å²) in [6.07, 6.45) is 6.30. The maximum absolute atomic E-state index is 11.3. The molecule has 0 saturated heterocycles. The Bertz CT molecular complexity index is 523. The molecule has 1 aromatic rings. The average molecular weight is 292 g/mol. The van der Waals surface area contributed by atoms with Crippen molar-refractivity contribution in [2.24, 2.45) is 17.8 Å². The minimum Gasteiger partial charge on any atom is -0.546 e. The van der Waals surface area contributed by atoms with Crippen LogP contribution in [-0.2, 0) is 4.79 Å². The summed E-state index contributed by atoms with van der Waals surface area (Å²) >= 11 is 5.80. The molecule has 0 amide bonds. The summed E-state index contributed by atoms with van der Waals surface area (Å²) in [5.41, 5.74) is 0. The molecule has 0 heterocycles. The van der Waals surface area contributed by atoms with Crippen LogP contribution in [0.1, 0.15) is 19.3 Å². The van der Waals surface area contributed by atoms with Crippen LogP contribution < -0.4 is 9.84 Å². The van der Waals surface area contributed by atoms with E-state index in [4.69, 9.17) is 16.3 Å². The second kappa shape index (κ2) is 5.49. The zero-order valence-electron chi connectivity index (χ0n) is 11.0. The number of rotatable bonds is 5. The quantitative estimate of drug-likeness (QED) is 0.783. The van der Waals surface area contributed by atoms with Gasteiger partial charge in [0.1, 0.15) is 11.9 Å². The van der Waals surface area contributed by atoms with E-state index in [0.717, 1.165) is 12.8 Å². The summed E-state index contributed by atoms with van der Waals surface area (Å²) in [4.78, 5) is 11.3. The van der Waals surface area contributed by atoms with E-state index in [1.54, 1.807) is 24.3 Å². The monoisotopic (exact) mass is 291 g/mol. The minimum absolute atomic E-state index is 0.389. The average Bonchev–Trinajstić information content (AvgIpc) is 3.02. The van der Waals surface area contributed by atoms with Crippen molar-refractivity contribution in [3.8, 4) is 5.75 Å². The zero-order chi connectivity index (χ0) is 14.1. The minimum atomic E-state index is -1.15. The molecule has 4 unspecified atom stereocenters. The maximum Gasteiger partial charge on any atom is 0.138 e. The Hall–Kier alpha value is -1.48. The molecule has 0 aromatic heterocycles. The molecular weight excluding hydrogens is 276 g/mol. The number of hydrogen-bond acceptors (Lipinski definition) is 3. The zero-order valence-corrected chi connectivity index (χ0v) is 11.8. The molecule has 0 N–H and O–H groups in total. The maximum atomic E-state index is 11.3. The molecular formula is C16H16ClO3-. The Labute approximate surface area is 123 Å². The summed E-state index contributed by atoms with van der Waals surface area (Å²) in [6, 6.07) is 6.73. The number of ether oxygens (including phenoxy) is 1. The highest BCUT2D eigenvalue weighted by molar-refractivity contribution is 6.30. The molecule has 1 aromatic carbocycles. The lowest BCUT2D eigenvalue weighted by Crippen LogP contribution is -2.41. The van der Waals surface area contributed by atoms with E-state index < -0.39 is 12.1 Å². The van der Waals surface area contributed by atoms with Gasteiger partial charge in [-0.3, -0.25) is 0 Å². The van der Waals surface area contributed by atoms with Gasteiger partial charge >= 0.3 is 0 Å². The molecule has 4 heteroatoms. The Kier molecular flexibility index (Phi) is 3.70. The van der Waals surface area contributed by atoms with Crippen LogP contribution in [0, 0.1) is 17.8 Å². The number of fused-ring (bicyclic) bond motifs is 2. The first-order chi connectivity index (χ1) is 9.61. The first-order valence-electron chi connectivity index (χ1n) is 6.93. The van der Waals surface area contributed by atoms with E-state index in [1.807, 2.05) is 0 Å². The predicted molar refractivity (Wildman–Crippen MR) is 74.3 cm³/mol. The van der Waals surface area contributed by atoms with E-state index >= 15 is 0 Å². The van der Waals surface area contributed by atoms with Crippen LogP contribution >= 0.6 is 11.6 Å². The third kappa shape index (κ3) is 2.83. The molecule has 2 aliphatic carbocycles. The number of carbonyl (C=O) groups excluding carboxylic acids is 1. The predicted octanol–water partition coefficient (Wildman–Crippen LogP) is 2.44. The molecule has 2 aliphatic rings. The second-order valence-electron chi connectivity index (χ2n) is 5.66. The van der Waals surface area contributed by atoms with Gasteiger partial charge < -0.3 is 14.6 Å². The first kappa shape index (κ1) is 13.5. The molecule has 2 bridgehead atoms. The van der Waals surface area contributed by atoms with Crippen molar-refractivity contribution in [2.75, 3.05) is 0 Å². The number of carboxylic acids is 1. The van der Waals surface area contributed by atoms with E-state index in [2.05, 4.69) is 12.2 Å². The van der Waals surface area contributed by atoms with Crippen molar-refractivity contribution < 1.29 is 14.6 Å². The van der Waals surface area contributed by atoms with Gasteiger partial charge in [0.05, 0.1) is 5.97 Å². The summed E-state index contributed by atoms with van der Waals surface area (Å²) < 4.78 is 5.56. The lowest BCUT2D eigenvalue weighted by atomic mass is 9.88. The number of allylic oxidation sites excluding steroid dienone is 2. The van der Waals surface area contributed by atoms with Crippen LogP contribution in [0.3, 0.4) is 0 Å². The normalized spacial score (nSPS) is 28.6. The van der Waals surface area contributed by atoms with Crippen molar-refractivity contribution in [2.45, 2.75) is 25.4 Å². The van der Waals surface area contributed by atoms with Gasteiger partial charge in [0.25, 0.3) is 0 Å². The summed E-state index contributed by atoms with van der Waals surface area (Å²) in [6.45, 7) is 0. The van der Waals surface area contributed by atoms with Gasteiger partial charge in [-0.2, -0.15) is 0 Å². The van der Waals surface area contributed by atoms with E-state index in [0.29, 0.717) is 34.9 Å². The molecule has 20 heavy (non-hydrogen) atoms. The van der Waals surface area contributed by atoms with E-state index in [-0.39, 0.29) is 0 Å². The van der Waals surface area contributed by atoms with Crippen molar-refractivity contribution in [3.05, 3.63) is 41.4 Å². The van der Waals surface area contributed by atoms with Gasteiger partial charge in [-0.15, -0.1) is 0 Å². The number of aliphatic carboxylic acids is 1. The number of hydrogen-bond donors (Lipinski definition) is 0. The molecule has 106 valence electrons. The van der Waals surface area contributed by atoms with Crippen molar-refractivity contribution in [1.82, 2.24) is 0 Å². The van der Waals surface area contributed by atoms with Crippen LogP contribution in [0.4, 0.5) is 0 Å². The van der Waals surface area contributed by atoms with Gasteiger partial charge in [-0.05, 0) is 61.3 Å². The summed E-state index contributed by atoms with van der Waals surface area (Å²) in [5.74, 6) is 0.896. The smallest absolute Gasteiger partial charge is 0.138 e. The van der Waals surface area contributed by atoms with Crippen molar-refractivity contribution in [3.63, 3.8) is 0 Å². The van der Waals surface area contributed by atoms with Crippen LogP contribution in [0.15, 0.2) is 36.4 Å². The molecule has 3 nitrogen and oxygen atoms in total. The summed E-state index contributed by atoms with van der Waals surface area (Å²) in [7, 11) is 0. The Morgan fingerprint density at radius 1 is 1.30 bits per heavy atom. The van der Waals surface area contributed by atoms with Crippen LogP contribution in [0.5, 0.6) is 5.75 Å². The van der Waals surface area contributed by atoms with Crippen molar-refractivity contribution >= 4 is 17.6 Å². The number of carboxylic acid groups (broad SMARTS) is 1. The van der Waals surface area contributed by atoms with Crippen LogP contribution in [0.25, 0.3) is 0 Å². The van der Waals surface area contributed by atoms with Crippen LogP contribution in [-0.4, -0.2) is 12.1 Å². The Morgan fingerprint density at radius 3 is 2.60 bits per heavy atom. The third-order valence-corrected chi connectivity index (χ3v) is 4.54. The summed E-state index contributed by atoms with van der Waals surface area (Å²) in [5, 5.41) is 11.9. The second-order valence-corrected chi connectivity index (χ2v) is 6.09. The van der Waals surface area contributed by atoms with Crippen LogP contribution in [0.2, 0.25) is 5.02 Å². The highest BCUT2D eigenvalue weighted by atomic mass is 35.5. The van der Waals surface area contributed by atoms with Gasteiger partial charge in [0.2, 0.25) is 0 Å². The SMILES string of the molecule is O=C([O-])C(CC1CC2C=CC1C2)Oc1ccc(Cl)cc1. The first-order valence-corrected chi connectivity index (χ1v) is 7.31. The molecule has 3 rings (SSSR count). The van der Waals surface area contributed by atoms with Gasteiger partial charge in [-0.25, -0.2) is 0 Å². The fourth-order valence-electron chi connectivity index (χ4n) is 3.31. The number of carbonyl (C=O) groups is 1. The molecule has 4 atom stereocenters. The van der Waals surface area contributed by atoms with E-state index in [1.165, 1.54) is 0 Å². The van der Waals surface area contributed by atoms with E-state index in [9.17, 15) is 9.90 Å². The number of benzene rings is 1. The fourth-order valence-corrected chi connectivity index (χ4v) is 3.44. The van der Waals surface area contributed by atoms with Gasteiger partial charge in [-0.1, -0.05) is 23.8 Å². The molecule has 0 spiro atoms. The Balaban J connectivity index is 1.65. The lowest BCUT2D eigenvalue weighted by molar-refractivity contribution is -0.314. The fraction of sp³-hybridized carbons (Fsp3) is 0.438. The molecule has 1 saturated carbocycles. The highest BCUT2D eigenvalue weighted by Crippen LogP contribution is 2.45.